The molecule has 156 valence electrons. The smallest absolute Gasteiger partial charge is 0.254 e. The fraction of sp³-hybridized carbons (Fsp3) is 0.304. The minimum absolute atomic E-state index is 0.104. The first-order valence-corrected chi connectivity index (χ1v) is 10.2. The Kier molecular flexibility index (Phi) is 5.55. The fourth-order valence-electron chi connectivity index (χ4n) is 3.77. The molecule has 2 heterocycles. The molecule has 1 aromatic carbocycles. The van der Waals surface area contributed by atoms with Crippen LogP contribution in [0, 0.1) is 11.7 Å². The first-order valence-electron chi connectivity index (χ1n) is 10.2. The van der Waals surface area contributed by atoms with Gasteiger partial charge in [-0.3, -0.25) is 14.6 Å². The fourth-order valence-corrected chi connectivity index (χ4v) is 3.77. The van der Waals surface area contributed by atoms with Crippen LogP contribution in [0.2, 0.25) is 0 Å². The largest absolute Gasteiger partial charge is 0.367 e. The lowest BCUT2D eigenvalue weighted by molar-refractivity contribution is -0.118. The number of carbonyl (C=O) groups is 2. The number of hydrazine groups is 1. The van der Waals surface area contributed by atoms with E-state index < -0.39 is 6.04 Å². The van der Waals surface area contributed by atoms with Gasteiger partial charge in [0.2, 0.25) is 0 Å². The van der Waals surface area contributed by atoms with Gasteiger partial charge in [0, 0.05) is 54.3 Å². The van der Waals surface area contributed by atoms with E-state index in [0.717, 1.165) is 35.4 Å². The molecule has 0 spiro atoms. The average Bonchev–Trinajstić information content (AvgIpc) is 3.47. The molecule has 2 aliphatic heterocycles. The highest BCUT2D eigenvalue weighted by Gasteiger charge is 2.43. The molecule has 1 aromatic rings. The van der Waals surface area contributed by atoms with Crippen molar-refractivity contribution in [3.63, 3.8) is 0 Å². The highest BCUT2D eigenvalue weighted by molar-refractivity contribution is 6.02. The van der Waals surface area contributed by atoms with E-state index in [4.69, 9.17) is 0 Å². The molecule has 4 rings (SSSR count). The molecule has 3 aliphatic rings. The van der Waals surface area contributed by atoms with Crippen LogP contribution in [0.15, 0.2) is 71.4 Å². The summed E-state index contributed by atoms with van der Waals surface area (Å²) in [5.74, 6) is -0.785. The molecule has 30 heavy (non-hydrogen) atoms. The normalized spacial score (nSPS) is 20.8. The number of hydrogen-bond acceptors (Lipinski definition) is 5. The Hall–Kier alpha value is -3.19. The number of Topliss-reactive ketones (excluding diaryl/α,β-unsaturated/α-hetero) is 1. The van der Waals surface area contributed by atoms with Gasteiger partial charge in [0.25, 0.3) is 5.91 Å². The van der Waals surface area contributed by atoms with Crippen molar-refractivity contribution in [2.45, 2.75) is 32.7 Å². The Bertz CT molecular complexity index is 991. The molecule has 1 fully saturated rings. The predicted octanol–water partition coefficient (Wildman–Crippen LogP) is 2.96. The molecule has 1 aliphatic carbocycles. The Morgan fingerprint density at radius 1 is 1.33 bits per heavy atom. The molecule has 1 saturated carbocycles. The summed E-state index contributed by atoms with van der Waals surface area (Å²) in [6.07, 6.45) is 8.86. The third kappa shape index (κ3) is 3.93. The number of nitrogens with zero attached hydrogens (tertiary/aromatic N) is 1. The van der Waals surface area contributed by atoms with E-state index in [1.54, 1.807) is 18.3 Å². The van der Waals surface area contributed by atoms with E-state index >= 15 is 0 Å². The van der Waals surface area contributed by atoms with Crippen LogP contribution < -0.4 is 16.1 Å². The number of halogens is 1. The second-order valence-corrected chi connectivity index (χ2v) is 7.66. The average molecular weight is 408 g/mol. The van der Waals surface area contributed by atoms with Crippen LogP contribution >= 0.6 is 0 Å². The number of allylic oxidation sites excluding steroid dienone is 3. The van der Waals surface area contributed by atoms with Gasteiger partial charge >= 0.3 is 0 Å². The number of ketones is 1. The molecule has 0 radical (unpaired) electrons. The zero-order chi connectivity index (χ0) is 21.3. The van der Waals surface area contributed by atoms with Crippen molar-refractivity contribution in [1.82, 2.24) is 21.1 Å². The highest BCUT2D eigenvalue weighted by atomic mass is 19.1. The molecule has 1 amide bonds. The zero-order valence-electron chi connectivity index (χ0n) is 17.0. The maximum absolute atomic E-state index is 13.4. The van der Waals surface area contributed by atoms with E-state index in [1.165, 1.54) is 12.1 Å². The van der Waals surface area contributed by atoms with Crippen molar-refractivity contribution in [2.24, 2.45) is 5.92 Å². The Labute approximate surface area is 175 Å². The molecule has 0 saturated heterocycles. The van der Waals surface area contributed by atoms with Crippen molar-refractivity contribution >= 4 is 11.7 Å². The Morgan fingerprint density at radius 2 is 2.07 bits per heavy atom. The van der Waals surface area contributed by atoms with E-state index in [-0.39, 0.29) is 23.4 Å². The Balaban J connectivity index is 1.64. The van der Waals surface area contributed by atoms with Crippen molar-refractivity contribution < 1.29 is 14.0 Å². The van der Waals surface area contributed by atoms with Gasteiger partial charge in [0.05, 0.1) is 11.6 Å². The number of amides is 1. The van der Waals surface area contributed by atoms with Crippen molar-refractivity contribution in [2.75, 3.05) is 6.54 Å². The van der Waals surface area contributed by atoms with E-state index in [2.05, 4.69) is 23.0 Å². The number of dihydropyridines is 1. The number of hydrogen-bond donors (Lipinski definition) is 3. The number of nitrogens with one attached hydrogen (secondary N) is 3. The minimum atomic E-state index is -0.481. The van der Waals surface area contributed by atoms with E-state index in [9.17, 15) is 14.0 Å². The molecule has 3 N–H and O–H groups in total. The number of benzene rings is 1. The van der Waals surface area contributed by atoms with E-state index in [1.807, 2.05) is 30.4 Å². The molecule has 7 heteroatoms. The summed E-state index contributed by atoms with van der Waals surface area (Å²) in [5.41, 5.74) is 7.05. The van der Waals surface area contributed by atoms with Gasteiger partial charge in [0.1, 0.15) is 11.6 Å². The highest BCUT2D eigenvalue weighted by Crippen LogP contribution is 2.39. The standard InChI is InChI=1S/C23H25FN4O2/c1-3-9-26-28-13-16-8-10-25-12-19(16)21(14(28)2)23(30)27-22(18-11-20(18)29)15-4-6-17(24)7-5-15/h4-8,10,12-13,18,22,25-26H,3,9,11H2,1-2H3,(H,27,30)/t18?,22-/m1/s1. The quantitative estimate of drug-likeness (QED) is 0.647. The molecule has 6 nitrogen and oxygen atoms in total. The predicted molar refractivity (Wildman–Crippen MR) is 112 cm³/mol. The van der Waals surface area contributed by atoms with Crippen LogP contribution in [-0.2, 0) is 9.59 Å². The lowest BCUT2D eigenvalue weighted by Gasteiger charge is -2.32. The lowest BCUT2D eigenvalue weighted by Crippen LogP contribution is -2.40. The van der Waals surface area contributed by atoms with Gasteiger partial charge in [-0.25, -0.2) is 9.82 Å². The second-order valence-electron chi connectivity index (χ2n) is 7.66. The summed E-state index contributed by atoms with van der Waals surface area (Å²) < 4.78 is 13.4. The van der Waals surface area contributed by atoms with Gasteiger partial charge in [-0.05, 0) is 37.1 Å². The monoisotopic (exact) mass is 408 g/mol. The third-order valence-corrected chi connectivity index (χ3v) is 5.51. The minimum Gasteiger partial charge on any atom is -0.367 e. The van der Waals surface area contributed by atoms with Crippen LogP contribution in [0.5, 0.6) is 0 Å². The molecule has 1 unspecified atom stereocenters. The van der Waals surface area contributed by atoms with Crippen molar-refractivity contribution in [3.8, 4) is 0 Å². The van der Waals surface area contributed by atoms with Crippen LogP contribution in [0.1, 0.15) is 38.3 Å². The number of fused-ring (bicyclic) bond motifs is 1. The first kappa shape index (κ1) is 20.1. The van der Waals surface area contributed by atoms with Crippen LogP contribution in [0.25, 0.3) is 0 Å². The first-order chi connectivity index (χ1) is 14.5. The SMILES string of the molecule is CCCNN1C=C2C=CNC=C2C(C(=O)N[C@H](c2ccc(F)cc2)C2CC2=O)=C1C. The molecule has 2 atom stereocenters. The van der Waals surface area contributed by atoms with Gasteiger partial charge in [-0.15, -0.1) is 0 Å². The molecular weight excluding hydrogens is 383 g/mol. The van der Waals surface area contributed by atoms with E-state index in [0.29, 0.717) is 12.0 Å². The van der Waals surface area contributed by atoms with Crippen LogP contribution in [0.4, 0.5) is 4.39 Å². The van der Waals surface area contributed by atoms with Crippen LogP contribution in [-0.4, -0.2) is 23.2 Å². The number of carbonyl (C=O) groups excluding carboxylic acids is 2. The zero-order valence-corrected chi connectivity index (χ0v) is 17.0. The van der Waals surface area contributed by atoms with Gasteiger partial charge in [-0.1, -0.05) is 19.1 Å². The summed E-state index contributed by atoms with van der Waals surface area (Å²) in [7, 11) is 0. The summed E-state index contributed by atoms with van der Waals surface area (Å²) >= 11 is 0. The van der Waals surface area contributed by atoms with Gasteiger partial charge < -0.3 is 10.6 Å². The maximum atomic E-state index is 13.4. The topological polar surface area (TPSA) is 73.5 Å². The van der Waals surface area contributed by atoms with Gasteiger partial charge in [-0.2, -0.15) is 0 Å². The number of rotatable bonds is 7. The second kappa shape index (κ2) is 8.28. The summed E-state index contributed by atoms with van der Waals surface area (Å²) in [4.78, 5) is 25.3. The molecular formula is C23H25FN4O2. The summed E-state index contributed by atoms with van der Waals surface area (Å²) in [6.45, 7) is 4.73. The third-order valence-electron chi connectivity index (χ3n) is 5.51. The van der Waals surface area contributed by atoms with Gasteiger partial charge in [0.15, 0.2) is 0 Å². The van der Waals surface area contributed by atoms with Crippen LogP contribution in [0.3, 0.4) is 0 Å². The maximum Gasteiger partial charge on any atom is 0.254 e. The molecule has 0 aromatic heterocycles. The lowest BCUT2D eigenvalue weighted by atomic mass is 9.92. The summed E-state index contributed by atoms with van der Waals surface area (Å²) in [5, 5.41) is 7.96. The molecule has 0 bridgehead atoms. The Morgan fingerprint density at radius 3 is 2.73 bits per heavy atom. The summed E-state index contributed by atoms with van der Waals surface area (Å²) in [6, 6.07) is 5.46. The van der Waals surface area contributed by atoms with Crippen molar-refractivity contribution in [1.29, 1.82) is 0 Å². The van der Waals surface area contributed by atoms with Crippen molar-refractivity contribution in [3.05, 3.63) is 82.7 Å².